The molecule has 2 aromatic carbocycles. The number of nitrogens with zero attached hydrogens (tertiary/aromatic N) is 5. The molecule has 1 aliphatic rings. The number of aromatic nitrogens is 4. The Bertz CT molecular complexity index is 1250. The number of hydrogen-bond donors (Lipinski definition) is 0. The Morgan fingerprint density at radius 2 is 1.88 bits per heavy atom. The number of thioether (sulfide) groups is 2. The zero-order valence-corrected chi connectivity index (χ0v) is 19.8. The van der Waals surface area contributed by atoms with Crippen LogP contribution in [0.3, 0.4) is 0 Å². The number of carbonyl (C=O) groups excluding carboxylic acids is 1. The number of rotatable bonds is 5. The lowest BCUT2D eigenvalue weighted by Crippen LogP contribution is -2.33. The van der Waals surface area contributed by atoms with Crippen LogP contribution in [0.15, 0.2) is 89.2 Å². The predicted molar refractivity (Wildman–Crippen MR) is 134 cm³/mol. The van der Waals surface area contributed by atoms with Gasteiger partial charge in [-0.25, -0.2) is 0 Å². The average Bonchev–Trinajstić information content (AvgIpc) is 3.20. The summed E-state index contributed by atoms with van der Waals surface area (Å²) in [7, 11) is 0. The number of carbonyl (C=O) groups is 1. The number of hydrogen-bond acceptors (Lipinski definition) is 6. The van der Waals surface area contributed by atoms with E-state index in [1.54, 1.807) is 12.4 Å². The van der Waals surface area contributed by atoms with Gasteiger partial charge in [-0.2, -0.15) is 0 Å². The minimum Gasteiger partial charge on any atom is -0.311 e. The van der Waals surface area contributed by atoms with E-state index in [1.807, 2.05) is 81.9 Å². The van der Waals surface area contributed by atoms with Crippen LogP contribution in [0, 0.1) is 0 Å². The smallest absolute Gasteiger partial charge is 0.237 e. The van der Waals surface area contributed by atoms with Crippen LogP contribution >= 0.6 is 23.5 Å². The molecule has 166 valence electrons. The molecule has 6 nitrogen and oxygen atoms in total. The summed E-state index contributed by atoms with van der Waals surface area (Å²) < 4.78 is 1.99. The molecule has 1 aliphatic heterocycles. The SMILES string of the molecule is CC1CCN(C(=O)CSc2nnc(-c3cccnc3)n2-c2ccccc2)c2ccccc2S1. The summed E-state index contributed by atoms with van der Waals surface area (Å²) >= 11 is 3.25. The molecule has 0 saturated carbocycles. The molecule has 5 rings (SSSR count). The molecule has 1 atom stereocenters. The van der Waals surface area contributed by atoms with Gasteiger partial charge in [-0.05, 0) is 42.8 Å². The van der Waals surface area contributed by atoms with E-state index in [2.05, 4.69) is 28.2 Å². The van der Waals surface area contributed by atoms with Crippen molar-refractivity contribution in [2.75, 3.05) is 17.2 Å². The van der Waals surface area contributed by atoms with Crippen molar-refractivity contribution in [2.45, 2.75) is 28.6 Å². The number of anilines is 1. The third-order valence-electron chi connectivity index (χ3n) is 5.44. The molecule has 0 radical (unpaired) electrons. The maximum Gasteiger partial charge on any atom is 0.237 e. The highest BCUT2D eigenvalue weighted by Gasteiger charge is 2.25. The van der Waals surface area contributed by atoms with Gasteiger partial charge in [-0.3, -0.25) is 14.3 Å². The largest absolute Gasteiger partial charge is 0.311 e. The molecule has 0 bridgehead atoms. The van der Waals surface area contributed by atoms with Crippen LogP contribution in [0.25, 0.3) is 17.1 Å². The minimum atomic E-state index is 0.0766. The maximum atomic E-state index is 13.3. The van der Waals surface area contributed by atoms with Gasteiger partial charge in [0.25, 0.3) is 0 Å². The van der Waals surface area contributed by atoms with Gasteiger partial charge < -0.3 is 4.90 Å². The molecule has 1 amide bonds. The molecule has 0 fully saturated rings. The zero-order chi connectivity index (χ0) is 22.6. The second kappa shape index (κ2) is 9.80. The lowest BCUT2D eigenvalue weighted by atomic mass is 10.2. The summed E-state index contributed by atoms with van der Waals surface area (Å²) in [6.45, 7) is 2.93. The predicted octanol–water partition coefficient (Wildman–Crippen LogP) is 5.34. The van der Waals surface area contributed by atoms with Crippen molar-refractivity contribution in [1.82, 2.24) is 19.7 Å². The molecular weight excluding hydrogens is 450 g/mol. The summed E-state index contributed by atoms with van der Waals surface area (Å²) in [6, 6.07) is 22.0. The summed E-state index contributed by atoms with van der Waals surface area (Å²) in [6.07, 6.45) is 4.47. The van der Waals surface area contributed by atoms with Gasteiger partial charge in [0.1, 0.15) is 0 Å². The van der Waals surface area contributed by atoms with Crippen LogP contribution in [0.2, 0.25) is 0 Å². The standard InChI is InChI=1S/C25H23N5OS2/c1-18-13-15-29(21-11-5-6-12-22(21)33-18)23(31)17-32-25-28-27-24(19-8-7-14-26-16-19)30(25)20-9-3-2-4-10-20/h2-12,14,16,18H,13,15,17H2,1H3. The molecule has 4 aromatic rings. The van der Waals surface area contributed by atoms with Gasteiger partial charge in [0.2, 0.25) is 5.91 Å². The van der Waals surface area contributed by atoms with E-state index in [0.29, 0.717) is 16.2 Å². The zero-order valence-electron chi connectivity index (χ0n) is 18.2. The van der Waals surface area contributed by atoms with E-state index in [4.69, 9.17) is 0 Å². The number of amides is 1. The lowest BCUT2D eigenvalue weighted by molar-refractivity contribution is -0.116. The second-order valence-corrected chi connectivity index (χ2v) is 10.2. The first kappa shape index (κ1) is 21.7. The minimum absolute atomic E-state index is 0.0766. The van der Waals surface area contributed by atoms with Gasteiger partial charge in [-0.1, -0.05) is 49.0 Å². The average molecular weight is 474 g/mol. The van der Waals surface area contributed by atoms with Crippen molar-refractivity contribution in [3.05, 3.63) is 79.1 Å². The van der Waals surface area contributed by atoms with Crippen LogP contribution in [0.1, 0.15) is 13.3 Å². The first-order valence-corrected chi connectivity index (χ1v) is 12.7. The third kappa shape index (κ3) is 4.67. The maximum absolute atomic E-state index is 13.3. The van der Waals surface area contributed by atoms with Crippen LogP contribution < -0.4 is 4.90 Å². The topological polar surface area (TPSA) is 63.9 Å². The highest BCUT2D eigenvalue weighted by molar-refractivity contribution is 8.00. The quantitative estimate of drug-likeness (QED) is 0.365. The molecule has 0 spiro atoms. The van der Waals surface area contributed by atoms with Crippen molar-refractivity contribution >= 4 is 35.1 Å². The Labute approximate surface area is 201 Å². The van der Waals surface area contributed by atoms with Crippen molar-refractivity contribution in [3.63, 3.8) is 0 Å². The fraction of sp³-hybridized carbons (Fsp3) is 0.200. The molecule has 2 aromatic heterocycles. The highest BCUT2D eigenvalue weighted by atomic mass is 32.2. The van der Waals surface area contributed by atoms with E-state index in [9.17, 15) is 4.79 Å². The molecule has 1 unspecified atom stereocenters. The molecule has 8 heteroatoms. The Balaban J connectivity index is 1.43. The summed E-state index contributed by atoms with van der Waals surface area (Å²) in [5.74, 6) is 1.06. The summed E-state index contributed by atoms with van der Waals surface area (Å²) in [5, 5.41) is 10.0. The van der Waals surface area contributed by atoms with E-state index in [-0.39, 0.29) is 11.7 Å². The second-order valence-electron chi connectivity index (χ2n) is 7.74. The normalized spacial score (nSPS) is 15.7. The Kier molecular flexibility index (Phi) is 6.46. The third-order valence-corrected chi connectivity index (χ3v) is 7.59. The lowest BCUT2D eigenvalue weighted by Gasteiger charge is -2.22. The fourth-order valence-electron chi connectivity index (χ4n) is 3.81. The van der Waals surface area contributed by atoms with Crippen LogP contribution in [0.4, 0.5) is 5.69 Å². The van der Waals surface area contributed by atoms with E-state index < -0.39 is 0 Å². The molecule has 0 saturated heterocycles. The molecular formula is C25H23N5OS2. The van der Waals surface area contributed by atoms with Crippen molar-refractivity contribution in [1.29, 1.82) is 0 Å². The number of fused-ring (bicyclic) bond motifs is 1. The van der Waals surface area contributed by atoms with Crippen LogP contribution in [-0.2, 0) is 4.79 Å². The molecule has 33 heavy (non-hydrogen) atoms. The molecule has 3 heterocycles. The monoisotopic (exact) mass is 473 g/mol. The first-order valence-electron chi connectivity index (χ1n) is 10.8. The highest BCUT2D eigenvalue weighted by Crippen LogP contribution is 2.38. The number of para-hydroxylation sites is 2. The van der Waals surface area contributed by atoms with E-state index in [1.165, 1.54) is 11.8 Å². The van der Waals surface area contributed by atoms with Gasteiger partial charge in [-0.15, -0.1) is 22.0 Å². The Hall–Kier alpha value is -3.10. The van der Waals surface area contributed by atoms with Crippen LogP contribution in [0.5, 0.6) is 0 Å². The fourth-order valence-corrected chi connectivity index (χ4v) is 5.75. The number of pyridine rings is 1. The first-order chi connectivity index (χ1) is 16.2. The van der Waals surface area contributed by atoms with Gasteiger partial charge in [0.05, 0.1) is 11.4 Å². The van der Waals surface area contributed by atoms with Crippen molar-refractivity contribution < 1.29 is 4.79 Å². The van der Waals surface area contributed by atoms with Crippen LogP contribution in [-0.4, -0.2) is 43.2 Å². The molecule has 0 aliphatic carbocycles. The molecule has 0 N–H and O–H groups in total. The van der Waals surface area contributed by atoms with Gasteiger partial charge in [0.15, 0.2) is 11.0 Å². The Morgan fingerprint density at radius 3 is 2.70 bits per heavy atom. The number of benzene rings is 2. The summed E-state index contributed by atoms with van der Waals surface area (Å²) in [4.78, 5) is 20.7. The van der Waals surface area contributed by atoms with Gasteiger partial charge >= 0.3 is 0 Å². The van der Waals surface area contributed by atoms with E-state index in [0.717, 1.165) is 34.8 Å². The van der Waals surface area contributed by atoms with Crippen molar-refractivity contribution in [2.24, 2.45) is 0 Å². The van der Waals surface area contributed by atoms with Gasteiger partial charge in [0, 0.05) is 40.3 Å². The van der Waals surface area contributed by atoms with Crippen molar-refractivity contribution in [3.8, 4) is 17.1 Å². The summed E-state index contributed by atoms with van der Waals surface area (Å²) in [5.41, 5.74) is 2.82. The van der Waals surface area contributed by atoms with E-state index >= 15 is 0 Å². The Morgan fingerprint density at radius 1 is 1.06 bits per heavy atom.